The second kappa shape index (κ2) is 7.85. The highest BCUT2D eigenvalue weighted by atomic mass is 32.2. The van der Waals surface area contributed by atoms with Gasteiger partial charge in [-0.15, -0.1) is 0 Å². The lowest BCUT2D eigenvalue weighted by molar-refractivity contribution is 0.184. The molecule has 28 heavy (non-hydrogen) atoms. The molecule has 2 aliphatic rings. The van der Waals surface area contributed by atoms with E-state index in [0.29, 0.717) is 18.3 Å². The van der Waals surface area contributed by atoms with Gasteiger partial charge >= 0.3 is 0 Å². The van der Waals surface area contributed by atoms with Crippen LogP contribution < -0.4 is 9.46 Å². The summed E-state index contributed by atoms with van der Waals surface area (Å²) in [4.78, 5) is 2.73. The Morgan fingerprint density at radius 3 is 2.75 bits per heavy atom. The third-order valence-corrected chi connectivity index (χ3v) is 7.44. The van der Waals surface area contributed by atoms with Crippen molar-refractivity contribution in [3.8, 4) is 5.75 Å². The molecule has 0 fully saturated rings. The lowest BCUT2D eigenvalue weighted by Crippen LogP contribution is -2.36. The molecule has 4 rings (SSSR count). The summed E-state index contributed by atoms with van der Waals surface area (Å²) < 4.78 is 33.3. The smallest absolute Gasteiger partial charge is 0.244 e. The molecule has 1 aliphatic heterocycles. The minimum Gasteiger partial charge on any atom is -0.495 e. The molecule has 0 saturated carbocycles. The van der Waals surface area contributed by atoms with Crippen LogP contribution in [0, 0.1) is 6.92 Å². The summed E-state index contributed by atoms with van der Waals surface area (Å²) in [5, 5.41) is 0. The lowest BCUT2D eigenvalue weighted by atomic mass is 9.93. The van der Waals surface area contributed by atoms with E-state index in [9.17, 15) is 8.42 Å². The fourth-order valence-corrected chi connectivity index (χ4v) is 5.81. The van der Waals surface area contributed by atoms with Crippen molar-refractivity contribution in [2.24, 2.45) is 0 Å². The van der Waals surface area contributed by atoms with Crippen molar-refractivity contribution in [1.29, 1.82) is 0 Å². The summed E-state index contributed by atoms with van der Waals surface area (Å²) in [6.45, 7) is 4.31. The Morgan fingerprint density at radius 2 is 1.96 bits per heavy atom. The number of ether oxygens (including phenoxy) is 1. The number of methoxy groups -OCH3 is 1. The molecule has 0 aromatic heterocycles. The summed E-state index contributed by atoms with van der Waals surface area (Å²) >= 11 is 0. The number of hydrogen-bond acceptors (Lipinski definition) is 4. The molecule has 1 N–H and O–H groups in total. The van der Waals surface area contributed by atoms with Crippen LogP contribution in [0.15, 0.2) is 41.3 Å². The van der Waals surface area contributed by atoms with E-state index in [1.807, 2.05) is 6.92 Å². The minimum atomic E-state index is -3.57. The fourth-order valence-electron chi connectivity index (χ4n) is 4.58. The molecule has 1 aliphatic carbocycles. The van der Waals surface area contributed by atoms with Gasteiger partial charge in [-0.2, -0.15) is 0 Å². The van der Waals surface area contributed by atoms with Crippen LogP contribution in [0.4, 0.5) is 0 Å². The number of nitrogens with zero attached hydrogens (tertiary/aromatic N) is 1. The number of sulfonamides is 1. The van der Waals surface area contributed by atoms with Gasteiger partial charge in [0.15, 0.2) is 0 Å². The Kier molecular flexibility index (Phi) is 5.45. The van der Waals surface area contributed by atoms with E-state index in [2.05, 4.69) is 27.8 Å². The van der Waals surface area contributed by atoms with E-state index >= 15 is 0 Å². The van der Waals surface area contributed by atoms with E-state index in [1.165, 1.54) is 24.7 Å². The number of hydrogen-bond donors (Lipinski definition) is 1. The first kappa shape index (κ1) is 19.4. The largest absolute Gasteiger partial charge is 0.495 e. The van der Waals surface area contributed by atoms with E-state index in [0.717, 1.165) is 37.9 Å². The SMILES string of the molecule is COc1cc(C)ccc1S(=O)(=O)NCCCN1CCc2cccc3c2C1CC3. The van der Waals surface area contributed by atoms with E-state index in [4.69, 9.17) is 4.74 Å². The molecule has 150 valence electrons. The Morgan fingerprint density at radius 1 is 1.18 bits per heavy atom. The predicted molar refractivity (Wildman–Crippen MR) is 110 cm³/mol. The standard InChI is InChI=1S/C22H28N2O3S/c1-16-7-10-21(20(15-16)27-2)28(25,26)23-12-4-13-24-14-11-18-6-3-5-17-8-9-19(24)22(17)18/h3,5-7,10,15,19,23H,4,8-9,11-14H2,1-2H3. The van der Waals surface area contributed by atoms with Crippen molar-refractivity contribution in [3.05, 3.63) is 58.7 Å². The molecule has 2 aromatic rings. The molecule has 0 saturated heterocycles. The Labute approximate surface area is 167 Å². The Bertz CT molecular complexity index is 972. The van der Waals surface area contributed by atoms with Gasteiger partial charge in [0.05, 0.1) is 7.11 Å². The average Bonchev–Trinajstić information content (AvgIpc) is 3.12. The van der Waals surface area contributed by atoms with E-state index < -0.39 is 10.0 Å². The highest BCUT2D eigenvalue weighted by Crippen LogP contribution is 2.41. The maximum atomic E-state index is 12.7. The van der Waals surface area contributed by atoms with Gasteiger partial charge in [-0.3, -0.25) is 4.90 Å². The zero-order chi connectivity index (χ0) is 19.7. The van der Waals surface area contributed by atoms with Crippen LogP contribution in [-0.4, -0.2) is 40.1 Å². The number of rotatable bonds is 7. The van der Waals surface area contributed by atoms with Gasteiger partial charge in [0.2, 0.25) is 10.0 Å². The van der Waals surface area contributed by atoms with Crippen molar-refractivity contribution in [3.63, 3.8) is 0 Å². The summed E-state index contributed by atoms with van der Waals surface area (Å²) in [6, 6.07) is 12.4. The van der Waals surface area contributed by atoms with Gasteiger partial charge in [-0.25, -0.2) is 13.1 Å². The third kappa shape index (κ3) is 3.69. The molecule has 1 unspecified atom stereocenters. The fraction of sp³-hybridized carbons (Fsp3) is 0.455. The molecule has 5 nitrogen and oxygen atoms in total. The first-order valence-electron chi connectivity index (χ1n) is 9.98. The van der Waals surface area contributed by atoms with Gasteiger partial charge in [0.25, 0.3) is 0 Å². The van der Waals surface area contributed by atoms with Crippen LogP contribution in [0.2, 0.25) is 0 Å². The van der Waals surface area contributed by atoms with E-state index in [1.54, 1.807) is 23.8 Å². The van der Waals surface area contributed by atoms with Crippen molar-refractivity contribution in [1.82, 2.24) is 9.62 Å². The molecule has 0 spiro atoms. The van der Waals surface area contributed by atoms with Crippen molar-refractivity contribution in [2.75, 3.05) is 26.7 Å². The van der Waals surface area contributed by atoms with Gasteiger partial charge in [-0.1, -0.05) is 24.3 Å². The van der Waals surface area contributed by atoms with Gasteiger partial charge in [0, 0.05) is 25.7 Å². The second-order valence-corrected chi connectivity index (χ2v) is 9.47. The Hall–Kier alpha value is -1.89. The van der Waals surface area contributed by atoms with Gasteiger partial charge in [0.1, 0.15) is 10.6 Å². The molecule has 1 heterocycles. The first-order valence-corrected chi connectivity index (χ1v) is 11.5. The van der Waals surface area contributed by atoms with E-state index in [-0.39, 0.29) is 4.90 Å². The molecule has 2 aromatic carbocycles. The highest BCUT2D eigenvalue weighted by Gasteiger charge is 2.32. The normalized spacial score (nSPS) is 18.9. The molecule has 0 amide bonds. The van der Waals surface area contributed by atoms with Crippen LogP contribution in [0.1, 0.15) is 41.1 Å². The molecular formula is C22H28N2O3S. The molecule has 0 radical (unpaired) electrons. The van der Waals surface area contributed by atoms with Crippen molar-refractivity contribution < 1.29 is 13.2 Å². The third-order valence-electron chi connectivity index (χ3n) is 5.94. The predicted octanol–water partition coefficient (Wildman–Crippen LogP) is 3.22. The Balaban J connectivity index is 1.35. The number of benzene rings is 2. The quantitative estimate of drug-likeness (QED) is 0.725. The maximum Gasteiger partial charge on any atom is 0.244 e. The monoisotopic (exact) mass is 400 g/mol. The summed E-state index contributed by atoms with van der Waals surface area (Å²) in [6.07, 6.45) is 4.22. The first-order chi connectivity index (χ1) is 13.5. The second-order valence-electron chi connectivity index (χ2n) is 7.74. The zero-order valence-electron chi connectivity index (χ0n) is 16.6. The topological polar surface area (TPSA) is 58.6 Å². The lowest BCUT2D eigenvalue weighted by Gasteiger charge is -2.35. The summed E-state index contributed by atoms with van der Waals surface area (Å²) in [5.74, 6) is 0.388. The van der Waals surface area contributed by atoms with Crippen molar-refractivity contribution in [2.45, 2.75) is 43.5 Å². The van der Waals surface area contributed by atoms with Crippen LogP contribution in [0.3, 0.4) is 0 Å². The molecule has 6 heteroatoms. The number of aryl methyl sites for hydroxylation is 2. The van der Waals surface area contributed by atoms with Crippen LogP contribution >= 0.6 is 0 Å². The summed E-state index contributed by atoms with van der Waals surface area (Å²) in [5.41, 5.74) is 5.51. The van der Waals surface area contributed by atoms with Crippen LogP contribution in [0.25, 0.3) is 0 Å². The molecular weight excluding hydrogens is 372 g/mol. The van der Waals surface area contributed by atoms with Crippen LogP contribution in [-0.2, 0) is 22.9 Å². The van der Waals surface area contributed by atoms with Gasteiger partial charge in [-0.05, 0) is 67.0 Å². The zero-order valence-corrected chi connectivity index (χ0v) is 17.4. The molecule has 0 bridgehead atoms. The van der Waals surface area contributed by atoms with Gasteiger partial charge < -0.3 is 4.74 Å². The molecule has 1 atom stereocenters. The average molecular weight is 401 g/mol. The van der Waals surface area contributed by atoms with Crippen LogP contribution in [0.5, 0.6) is 5.75 Å². The summed E-state index contributed by atoms with van der Waals surface area (Å²) in [7, 11) is -2.08. The maximum absolute atomic E-state index is 12.7. The minimum absolute atomic E-state index is 0.202. The highest BCUT2D eigenvalue weighted by molar-refractivity contribution is 7.89. The number of nitrogens with one attached hydrogen (secondary N) is 1. The van der Waals surface area contributed by atoms with Crippen molar-refractivity contribution >= 4 is 10.0 Å².